The maximum Gasteiger partial charge on any atom is 0.228 e. The summed E-state index contributed by atoms with van der Waals surface area (Å²) >= 11 is 0. The summed E-state index contributed by atoms with van der Waals surface area (Å²) in [5.74, 6) is -0.293. The minimum absolute atomic E-state index is 0.147. The lowest BCUT2D eigenvalue weighted by molar-refractivity contribution is -0.126. The normalized spacial score (nSPS) is 16.0. The van der Waals surface area contributed by atoms with Crippen LogP contribution in [0.4, 0.5) is 5.69 Å². The molecule has 0 saturated heterocycles. The summed E-state index contributed by atoms with van der Waals surface area (Å²) in [6, 6.07) is 11.0. The monoisotopic (exact) mass is 325 g/mol. The van der Waals surface area contributed by atoms with Gasteiger partial charge in [0.05, 0.1) is 12.5 Å². The molecule has 0 saturated carbocycles. The zero-order valence-electron chi connectivity index (χ0n) is 13.4. The van der Waals surface area contributed by atoms with E-state index in [0.29, 0.717) is 24.7 Å². The van der Waals surface area contributed by atoms with Gasteiger partial charge in [-0.25, -0.2) is 4.98 Å². The van der Waals surface area contributed by atoms with Gasteiger partial charge >= 0.3 is 0 Å². The van der Waals surface area contributed by atoms with Gasteiger partial charge in [-0.3, -0.25) is 9.59 Å². The number of carbonyl (C=O) groups excluding carboxylic acids is 2. The van der Waals surface area contributed by atoms with Crippen molar-refractivity contribution in [2.45, 2.75) is 25.8 Å². The van der Waals surface area contributed by atoms with Crippen LogP contribution in [0.1, 0.15) is 30.4 Å². The Morgan fingerprint density at radius 1 is 1.33 bits per heavy atom. The predicted molar refractivity (Wildman–Crippen MR) is 89.7 cm³/mol. The minimum Gasteiger partial charge on any atom is -0.478 e. The molecule has 2 aromatic rings. The van der Waals surface area contributed by atoms with Crippen molar-refractivity contribution >= 4 is 17.5 Å². The van der Waals surface area contributed by atoms with Crippen LogP contribution in [0.5, 0.6) is 5.88 Å². The quantitative estimate of drug-likeness (QED) is 0.883. The number of nitrogens with one attached hydrogen (secondary N) is 2. The van der Waals surface area contributed by atoms with Crippen molar-refractivity contribution in [3.8, 4) is 5.88 Å². The van der Waals surface area contributed by atoms with Crippen LogP contribution in [0.15, 0.2) is 42.6 Å². The van der Waals surface area contributed by atoms with Crippen molar-refractivity contribution in [2.75, 3.05) is 11.9 Å². The fourth-order valence-corrected chi connectivity index (χ4v) is 2.78. The molecular formula is C18H19N3O3. The lowest BCUT2D eigenvalue weighted by atomic mass is 9.90. The highest BCUT2D eigenvalue weighted by molar-refractivity contribution is 6.01. The number of amides is 2. The molecular weight excluding hydrogens is 306 g/mol. The molecule has 1 aliphatic rings. The zero-order chi connectivity index (χ0) is 16.9. The largest absolute Gasteiger partial charge is 0.478 e. The van der Waals surface area contributed by atoms with Gasteiger partial charge in [0.15, 0.2) is 0 Å². The SMILES string of the molecule is CCOc1ncccc1CNC(=O)[C@H]1CC(=O)Nc2ccccc21. The molecule has 0 fully saturated rings. The van der Waals surface area contributed by atoms with Crippen molar-refractivity contribution < 1.29 is 14.3 Å². The summed E-state index contributed by atoms with van der Waals surface area (Å²) < 4.78 is 5.46. The van der Waals surface area contributed by atoms with Crippen LogP contribution in [0, 0.1) is 0 Å². The number of hydrogen-bond donors (Lipinski definition) is 2. The van der Waals surface area contributed by atoms with Gasteiger partial charge in [0.2, 0.25) is 17.7 Å². The summed E-state index contributed by atoms with van der Waals surface area (Å²) in [5, 5.41) is 5.69. The molecule has 2 heterocycles. The number of carbonyl (C=O) groups is 2. The van der Waals surface area contributed by atoms with Gasteiger partial charge in [-0.05, 0) is 24.6 Å². The topological polar surface area (TPSA) is 80.3 Å². The maximum absolute atomic E-state index is 12.6. The lowest BCUT2D eigenvalue weighted by Crippen LogP contribution is -2.34. The number of para-hydroxylation sites is 1. The highest BCUT2D eigenvalue weighted by Gasteiger charge is 2.30. The second kappa shape index (κ2) is 7.12. The first kappa shape index (κ1) is 16.0. The van der Waals surface area contributed by atoms with Crippen LogP contribution >= 0.6 is 0 Å². The fraction of sp³-hybridized carbons (Fsp3) is 0.278. The van der Waals surface area contributed by atoms with Crippen molar-refractivity contribution in [3.63, 3.8) is 0 Å². The molecule has 24 heavy (non-hydrogen) atoms. The maximum atomic E-state index is 12.6. The Hall–Kier alpha value is -2.89. The average Bonchev–Trinajstić information content (AvgIpc) is 2.60. The summed E-state index contributed by atoms with van der Waals surface area (Å²) in [5.41, 5.74) is 2.34. The van der Waals surface area contributed by atoms with E-state index >= 15 is 0 Å². The van der Waals surface area contributed by atoms with E-state index in [9.17, 15) is 9.59 Å². The van der Waals surface area contributed by atoms with E-state index in [1.807, 2.05) is 31.2 Å². The number of hydrogen-bond acceptors (Lipinski definition) is 4. The Morgan fingerprint density at radius 3 is 3.00 bits per heavy atom. The predicted octanol–water partition coefficient (Wildman–Crippen LogP) is 2.22. The molecule has 2 amide bonds. The van der Waals surface area contributed by atoms with E-state index in [0.717, 1.165) is 11.1 Å². The standard InChI is InChI=1S/C18H19N3O3/c1-2-24-18-12(6-5-9-19-18)11-20-17(23)14-10-16(22)21-15-8-4-3-7-13(14)15/h3-9,14H,2,10-11H2,1H3,(H,20,23)(H,21,22)/t14-/m0/s1. The van der Waals surface area contributed by atoms with E-state index in [1.54, 1.807) is 18.3 Å². The van der Waals surface area contributed by atoms with Crippen LogP contribution < -0.4 is 15.4 Å². The smallest absolute Gasteiger partial charge is 0.228 e. The van der Waals surface area contributed by atoms with E-state index in [4.69, 9.17) is 4.74 Å². The highest BCUT2D eigenvalue weighted by Crippen LogP contribution is 2.32. The summed E-state index contributed by atoms with van der Waals surface area (Å²) in [4.78, 5) is 28.6. The molecule has 6 heteroatoms. The summed E-state index contributed by atoms with van der Waals surface area (Å²) in [7, 11) is 0. The fourth-order valence-electron chi connectivity index (χ4n) is 2.78. The number of benzene rings is 1. The van der Waals surface area contributed by atoms with E-state index in [-0.39, 0.29) is 18.2 Å². The molecule has 0 aliphatic carbocycles. The Balaban J connectivity index is 1.73. The molecule has 0 bridgehead atoms. The van der Waals surface area contributed by atoms with Crippen LogP contribution in [-0.2, 0) is 16.1 Å². The van der Waals surface area contributed by atoms with Crippen LogP contribution in [0.25, 0.3) is 0 Å². The second-order valence-electron chi connectivity index (χ2n) is 5.51. The molecule has 1 aromatic carbocycles. The van der Waals surface area contributed by atoms with Gasteiger partial charge in [-0.2, -0.15) is 0 Å². The Kier molecular flexibility index (Phi) is 4.74. The van der Waals surface area contributed by atoms with E-state index in [2.05, 4.69) is 15.6 Å². The molecule has 0 radical (unpaired) electrons. The molecule has 1 aliphatic heterocycles. The van der Waals surface area contributed by atoms with Crippen molar-refractivity contribution in [1.29, 1.82) is 0 Å². The van der Waals surface area contributed by atoms with Gasteiger partial charge in [0.1, 0.15) is 0 Å². The highest BCUT2D eigenvalue weighted by atomic mass is 16.5. The molecule has 1 atom stereocenters. The second-order valence-corrected chi connectivity index (χ2v) is 5.51. The number of ether oxygens (including phenoxy) is 1. The first-order chi connectivity index (χ1) is 11.7. The molecule has 3 rings (SSSR count). The van der Waals surface area contributed by atoms with Gasteiger partial charge in [-0.15, -0.1) is 0 Å². The van der Waals surface area contributed by atoms with Gasteiger partial charge in [0.25, 0.3) is 0 Å². The van der Waals surface area contributed by atoms with Crippen LogP contribution in [-0.4, -0.2) is 23.4 Å². The van der Waals surface area contributed by atoms with Gasteiger partial charge in [0, 0.05) is 30.4 Å². The third kappa shape index (κ3) is 3.37. The molecule has 0 unspecified atom stereocenters. The third-order valence-electron chi connectivity index (χ3n) is 3.90. The van der Waals surface area contributed by atoms with Crippen LogP contribution in [0.2, 0.25) is 0 Å². The number of pyridine rings is 1. The molecule has 124 valence electrons. The number of anilines is 1. The first-order valence-electron chi connectivity index (χ1n) is 7.92. The molecule has 6 nitrogen and oxygen atoms in total. The summed E-state index contributed by atoms with van der Waals surface area (Å²) in [6.07, 6.45) is 1.80. The number of aromatic nitrogens is 1. The lowest BCUT2D eigenvalue weighted by Gasteiger charge is -2.24. The average molecular weight is 325 g/mol. The minimum atomic E-state index is -0.484. The molecule has 1 aromatic heterocycles. The van der Waals surface area contributed by atoms with Crippen molar-refractivity contribution in [3.05, 3.63) is 53.7 Å². The Morgan fingerprint density at radius 2 is 2.17 bits per heavy atom. The third-order valence-corrected chi connectivity index (χ3v) is 3.90. The number of fused-ring (bicyclic) bond motifs is 1. The van der Waals surface area contributed by atoms with Gasteiger partial charge < -0.3 is 15.4 Å². The van der Waals surface area contributed by atoms with Crippen molar-refractivity contribution in [1.82, 2.24) is 10.3 Å². The van der Waals surface area contributed by atoms with E-state index < -0.39 is 5.92 Å². The van der Waals surface area contributed by atoms with Gasteiger partial charge in [-0.1, -0.05) is 24.3 Å². The number of rotatable bonds is 5. The number of nitrogens with zero attached hydrogens (tertiary/aromatic N) is 1. The zero-order valence-corrected chi connectivity index (χ0v) is 13.4. The molecule has 2 N–H and O–H groups in total. The van der Waals surface area contributed by atoms with Crippen LogP contribution in [0.3, 0.4) is 0 Å². The first-order valence-corrected chi connectivity index (χ1v) is 7.92. The van der Waals surface area contributed by atoms with Crippen molar-refractivity contribution in [2.24, 2.45) is 0 Å². The summed E-state index contributed by atoms with van der Waals surface area (Å²) in [6.45, 7) is 2.70. The molecule has 0 spiro atoms. The Bertz CT molecular complexity index is 761. The Labute approximate surface area is 140 Å². The van der Waals surface area contributed by atoms with E-state index in [1.165, 1.54) is 0 Å².